The molecule has 1 aliphatic rings. The van der Waals surface area contributed by atoms with Crippen molar-refractivity contribution >= 4 is 155 Å². The second-order valence-electron chi connectivity index (χ2n) is 35.8. The number of pyridine rings is 4. The number of ether oxygens (including phenoxy) is 1. The first-order valence-electron chi connectivity index (χ1n) is 44.9. The van der Waals surface area contributed by atoms with Crippen LogP contribution in [0, 0.1) is 0 Å². The molecule has 4 N–H and O–H groups in total. The van der Waals surface area contributed by atoms with E-state index in [9.17, 15) is 28.8 Å². The van der Waals surface area contributed by atoms with Crippen molar-refractivity contribution in [1.82, 2.24) is 19.9 Å². The Morgan fingerprint density at radius 1 is 0.403 bits per heavy atom. The van der Waals surface area contributed by atoms with Gasteiger partial charge in [-0.1, -0.05) is 301 Å². The molecule has 17 heteroatoms. The van der Waals surface area contributed by atoms with Crippen LogP contribution in [0.25, 0.3) is 98.3 Å². The van der Waals surface area contributed by atoms with Gasteiger partial charge in [-0.15, -0.1) is 0 Å². The van der Waals surface area contributed by atoms with E-state index in [0.717, 1.165) is 164 Å². The average molecular weight is 1870 g/mol. The maximum absolute atomic E-state index is 12.1. The lowest BCUT2D eigenvalue weighted by atomic mass is 9.90. The predicted molar refractivity (Wildman–Crippen MR) is 558 cm³/mol. The molecule has 12 nitrogen and oxygen atoms in total. The van der Waals surface area contributed by atoms with Crippen LogP contribution in [0.4, 0.5) is 0 Å². The summed E-state index contributed by atoms with van der Waals surface area (Å²) >= 11 is 24.4. The Morgan fingerprint density at radius 3 is 1.21 bits per heavy atom. The van der Waals surface area contributed by atoms with Crippen LogP contribution in [0.1, 0.15) is 205 Å². The van der Waals surface area contributed by atoms with Crippen LogP contribution in [0.15, 0.2) is 322 Å². The summed E-state index contributed by atoms with van der Waals surface area (Å²) in [5.74, 6) is 0. The highest BCUT2D eigenvalue weighted by Crippen LogP contribution is 2.41. The highest BCUT2D eigenvalue weighted by Gasteiger charge is 2.33. The van der Waals surface area contributed by atoms with Crippen LogP contribution in [0.5, 0.6) is 0 Å². The van der Waals surface area contributed by atoms with Gasteiger partial charge in [0.1, 0.15) is 6.10 Å². The van der Waals surface area contributed by atoms with E-state index in [1.54, 1.807) is 27.7 Å². The van der Waals surface area contributed by atoms with Crippen LogP contribution in [-0.2, 0) is 67.1 Å². The molecule has 0 bridgehead atoms. The molecule has 4 aromatic heterocycles. The lowest BCUT2D eigenvalue weighted by Gasteiger charge is -2.30. The molecule has 0 spiro atoms. The highest BCUT2D eigenvalue weighted by atomic mass is 35.5. The number of hydrogen-bond acceptors (Lipinski definition) is 12. The van der Waals surface area contributed by atoms with E-state index in [4.69, 9.17) is 60.3 Å². The lowest BCUT2D eigenvalue weighted by molar-refractivity contribution is -0.0766. The summed E-state index contributed by atoms with van der Waals surface area (Å²) in [7, 11) is -3.70. The van der Waals surface area contributed by atoms with Gasteiger partial charge in [-0.25, -0.2) is 19.9 Å². The highest BCUT2D eigenvalue weighted by molar-refractivity contribution is 7.86. The van der Waals surface area contributed by atoms with E-state index in [-0.39, 0.29) is 11.7 Å². The fourth-order valence-corrected chi connectivity index (χ4v) is 18.0. The summed E-state index contributed by atoms with van der Waals surface area (Å²) in [4.78, 5) is 18.7. The number of allylic oxidation sites excluding steroid dienone is 1. The third kappa shape index (κ3) is 27.8. The van der Waals surface area contributed by atoms with Gasteiger partial charge in [0, 0.05) is 41.6 Å². The Morgan fingerprint density at radius 2 is 0.761 bits per heavy atom. The Kier molecular flexibility index (Phi) is 32.4. The predicted octanol–water partition coefficient (Wildman–Crippen LogP) is 29.4. The maximum atomic E-state index is 12.1. The summed E-state index contributed by atoms with van der Waals surface area (Å²) in [6.45, 7) is 15.1. The number of benzene rings is 12. The third-order valence-electron chi connectivity index (χ3n) is 23.4. The van der Waals surface area contributed by atoms with Crippen molar-refractivity contribution in [3.8, 4) is 0 Å². The van der Waals surface area contributed by atoms with E-state index in [2.05, 4.69) is 144 Å². The zero-order valence-corrected chi connectivity index (χ0v) is 80.4. The number of aliphatic hydroxyl groups excluding tert-OH is 1. The molecule has 17 rings (SSSR count). The second-order valence-corrected chi connectivity index (χ2v) is 39.1. The topological polar surface area (TPSA) is 185 Å². The van der Waals surface area contributed by atoms with Crippen molar-refractivity contribution in [3.63, 3.8) is 0 Å². The standard InChI is InChI=1S/C30H30ClNO4S.C29H28ClNO2.2C29H26ClNO/c1-30(2,33)27-10-5-4-8-22(27)14-18-29(36-37(3,34)35)24-9-6-7-21(19-24)11-16-26-17-13-23-12-15-25(31)20-28(23)32-26;1-29(2,33)26-9-4-3-7-21(26)13-17-28(32)23-8-5-6-20(18-23)10-15-25-16-12-22-11-14-24(30)19-27(22)31-25;1-29(2)26-9-4-3-7-21(26)13-17-28(32-29)23-8-5-6-20(18-23)10-15-25-16-12-22-11-14-24(30)19-27(22)31-25;1-29(2,32)27-12-4-3-10-23(27)11-6-9-21-7-5-8-22(19-21)13-17-26-18-15-24-14-16-25(30)20-28(24)31-26/h4-13,15-17,19-20,29,33H,14,18H2,1-3H3;3-12,14-16,18-19,28,32-33H,13,17H2,1-2H3;3-12,14-16,18-19,28H,13,17H2,1-2H3;3-10,12-20,32H,11H2,1-2H3/b16-11+;2*15-10+;9-6+,17-13+/t29-;2*28-;/m001./s1. The van der Waals surface area contributed by atoms with Crippen molar-refractivity contribution in [2.45, 2.75) is 141 Å². The molecule has 1 aliphatic heterocycles. The fraction of sp³-hybridized carbons (Fsp3) is 0.197. The van der Waals surface area contributed by atoms with Gasteiger partial charge in [0.2, 0.25) is 0 Å². The van der Waals surface area contributed by atoms with Gasteiger partial charge in [-0.2, -0.15) is 8.42 Å². The number of fused-ring (bicyclic) bond motifs is 5. The van der Waals surface area contributed by atoms with Crippen LogP contribution in [0.3, 0.4) is 0 Å². The van der Waals surface area contributed by atoms with Crippen LogP contribution in [0.2, 0.25) is 20.1 Å². The molecule has 0 radical (unpaired) electrons. The number of aromatic nitrogens is 4. The fourth-order valence-electron chi connectivity index (χ4n) is 16.7. The molecule has 680 valence electrons. The summed E-state index contributed by atoms with van der Waals surface area (Å²) < 4.78 is 36.3. The van der Waals surface area contributed by atoms with E-state index in [0.29, 0.717) is 45.8 Å². The maximum Gasteiger partial charge on any atom is 0.264 e. The number of aliphatic hydroxyl groups is 4. The molecule has 0 aliphatic carbocycles. The summed E-state index contributed by atoms with van der Waals surface area (Å²) in [6.07, 6.45) is 25.2. The molecular formula is C117H110Cl4N4O8S. The van der Waals surface area contributed by atoms with E-state index in [1.807, 2.05) is 275 Å². The van der Waals surface area contributed by atoms with Crippen molar-refractivity contribution < 1.29 is 37.8 Å². The van der Waals surface area contributed by atoms with Gasteiger partial charge >= 0.3 is 0 Å². The van der Waals surface area contributed by atoms with Crippen molar-refractivity contribution in [1.29, 1.82) is 0 Å². The lowest BCUT2D eigenvalue weighted by Crippen LogP contribution is -2.23. The van der Waals surface area contributed by atoms with E-state index >= 15 is 0 Å². The molecule has 0 fully saturated rings. The van der Waals surface area contributed by atoms with Gasteiger partial charge in [-0.3, -0.25) is 4.18 Å². The number of aryl methyl sites for hydroxylation is 3. The zero-order valence-electron chi connectivity index (χ0n) is 76.6. The molecule has 16 aromatic rings. The monoisotopic (exact) mass is 1870 g/mol. The Balaban J connectivity index is 0.000000144. The molecule has 12 aromatic carbocycles. The molecule has 134 heavy (non-hydrogen) atoms. The van der Waals surface area contributed by atoms with Crippen LogP contribution in [-0.4, -0.2) is 55.0 Å². The summed E-state index contributed by atoms with van der Waals surface area (Å²) in [5.41, 5.74) is 20.4. The number of hydrogen-bond donors (Lipinski definition) is 4. The SMILES string of the molecule is CC(C)(O)c1ccccc1C/C=C/c1cccc(/C=C/c2ccc3ccc(Cl)cc3n2)c1.CC(C)(O)c1ccccc1CC[C@H](O)c1cccc(/C=C/c2ccc3ccc(Cl)cc3n2)c1.CC(C)(O)c1ccccc1CC[C@H](OS(C)(=O)=O)c1cccc(/C=C/c2ccc3ccc(Cl)cc3n2)c1.CC1(C)O[C@@H](c2cccc(/C=C/c3ccc4ccc(Cl)cc4n3)c2)CCc2ccccc21. The number of nitrogens with zero attached hydrogens (tertiary/aromatic N) is 4. The number of halogens is 4. The Labute approximate surface area is 807 Å². The van der Waals surface area contributed by atoms with Gasteiger partial charge in [-0.05, 0) is 311 Å². The Bertz CT molecular complexity index is 7130. The van der Waals surface area contributed by atoms with Crippen LogP contribution < -0.4 is 0 Å². The first kappa shape index (κ1) is 97.9. The zero-order chi connectivity index (χ0) is 94.7. The smallest absolute Gasteiger partial charge is 0.264 e. The molecular weight excluding hydrogens is 1760 g/mol. The molecule has 0 saturated carbocycles. The van der Waals surface area contributed by atoms with E-state index < -0.39 is 39.1 Å². The van der Waals surface area contributed by atoms with Gasteiger partial charge < -0.3 is 25.2 Å². The largest absolute Gasteiger partial charge is 0.388 e. The molecule has 0 unspecified atom stereocenters. The minimum absolute atomic E-state index is 0.0617. The summed E-state index contributed by atoms with van der Waals surface area (Å²) in [5, 5.41) is 49.1. The summed E-state index contributed by atoms with van der Waals surface area (Å²) in [6, 6.07) is 104. The van der Waals surface area contributed by atoms with Gasteiger partial charge in [0.15, 0.2) is 0 Å². The quantitative estimate of drug-likeness (QED) is 0.0398. The third-order valence-corrected chi connectivity index (χ3v) is 24.9. The van der Waals surface area contributed by atoms with E-state index in [1.165, 1.54) is 16.7 Å². The van der Waals surface area contributed by atoms with Gasteiger partial charge in [0.05, 0.1) is 85.7 Å². The molecule has 5 heterocycles. The Hall–Kier alpha value is -12.2. The van der Waals surface area contributed by atoms with Crippen LogP contribution >= 0.6 is 46.4 Å². The average Bonchev–Trinajstić information content (AvgIpc) is 1.64. The first-order valence-corrected chi connectivity index (χ1v) is 48.3. The minimum atomic E-state index is -3.70. The second kappa shape index (κ2) is 44.3. The normalized spacial score (nSPS) is 14.1. The molecule has 3 atom stereocenters. The number of rotatable bonds is 25. The molecule has 0 saturated heterocycles. The minimum Gasteiger partial charge on any atom is -0.388 e. The van der Waals surface area contributed by atoms with Gasteiger partial charge in [0.25, 0.3) is 10.1 Å². The van der Waals surface area contributed by atoms with Crippen molar-refractivity contribution in [3.05, 3.63) is 453 Å². The van der Waals surface area contributed by atoms with Crippen molar-refractivity contribution in [2.75, 3.05) is 6.26 Å². The molecule has 0 amide bonds. The first-order chi connectivity index (χ1) is 64.1. The van der Waals surface area contributed by atoms with Crippen molar-refractivity contribution in [2.24, 2.45) is 0 Å².